The summed E-state index contributed by atoms with van der Waals surface area (Å²) in [6, 6.07) is 0. The average molecular weight is 192 g/mol. The lowest BCUT2D eigenvalue weighted by atomic mass is 10.4. The maximum absolute atomic E-state index is 8.81. The summed E-state index contributed by atoms with van der Waals surface area (Å²) >= 11 is 0. The van der Waals surface area contributed by atoms with E-state index in [4.69, 9.17) is 4.79 Å². The molecule has 0 aliphatic heterocycles. The summed E-state index contributed by atoms with van der Waals surface area (Å²) < 4.78 is 1.97. The number of aryl methyl sites for hydroxylation is 1. The maximum Gasteiger partial charge on any atom is 0.116 e. The Kier molecular flexibility index (Phi) is 6.03. The fourth-order valence-corrected chi connectivity index (χ4v) is 0.995. The Hall–Kier alpha value is -1.64. The predicted molar refractivity (Wildman–Crippen MR) is 59.0 cm³/mol. The van der Waals surface area contributed by atoms with E-state index >= 15 is 0 Å². The van der Waals surface area contributed by atoms with Crippen LogP contribution in [0.5, 0.6) is 0 Å². The van der Waals surface area contributed by atoms with Gasteiger partial charge in [0.25, 0.3) is 0 Å². The van der Waals surface area contributed by atoms with Crippen LogP contribution in [-0.4, -0.2) is 15.8 Å². The summed E-state index contributed by atoms with van der Waals surface area (Å²) in [5, 5.41) is 2.11. The molecule has 1 aromatic heterocycles. The van der Waals surface area contributed by atoms with Crippen molar-refractivity contribution in [3.63, 3.8) is 0 Å². The maximum atomic E-state index is 8.81. The molecule has 0 bridgehead atoms. The third-order valence-electron chi connectivity index (χ3n) is 1.56. The van der Waals surface area contributed by atoms with Gasteiger partial charge in [0.2, 0.25) is 0 Å². The number of hydrogen-bond donors (Lipinski definition) is 0. The van der Waals surface area contributed by atoms with Crippen molar-refractivity contribution in [2.75, 3.05) is 0 Å². The van der Waals surface area contributed by atoms with E-state index in [9.17, 15) is 0 Å². The first-order valence-electron chi connectivity index (χ1n) is 4.37. The average Bonchev–Trinajstić information content (AvgIpc) is 2.50. The molecule has 1 aromatic rings. The number of hydrogen-bond acceptors (Lipinski definition) is 2. The van der Waals surface area contributed by atoms with Gasteiger partial charge in [-0.2, -0.15) is 0 Å². The second-order valence-electron chi connectivity index (χ2n) is 2.55. The molecule has 1 heterocycles. The molecule has 3 heteroatoms. The minimum Gasteiger partial charge on any atom is -0.334 e. The van der Waals surface area contributed by atoms with Crippen LogP contribution in [0.2, 0.25) is 0 Å². The van der Waals surface area contributed by atoms with Crippen LogP contribution in [0, 0.1) is 0 Å². The van der Waals surface area contributed by atoms with Gasteiger partial charge in [-0.15, -0.1) is 0 Å². The van der Waals surface area contributed by atoms with E-state index in [0.29, 0.717) is 0 Å². The van der Waals surface area contributed by atoms with Crippen molar-refractivity contribution in [3.8, 4) is 0 Å². The molecular formula is C11H16N2O. The van der Waals surface area contributed by atoms with Gasteiger partial charge < -0.3 is 9.36 Å². The molecule has 0 aromatic carbocycles. The van der Waals surface area contributed by atoms with Crippen molar-refractivity contribution in [1.29, 1.82) is 0 Å². The van der Waals surface area contributed by atoms with Crippen LogP contribution in [-0.2, 0) is 11.8 Å². The van der Waals surface area contributed by atoms with Crippen molar-refractivity contribution in [2.45, 2.75) is 13.8 Å². The zero-order chi connectivity index (χ0) is 11.0. The molecule has 76 valence electrons. The molecule has 0 aliphatic rings. The lowest BCUT2D eigenvalue weighted by molar-refractivity contribution is -0.106. The highest BCUT2D eigenvalue weighted by atomic mass is 16.1. The van der Waals surface area contributed by atoms with Gasteiger partial charge in [0, 0.05) is 7.05 Å². The molecule has 0 saturated heterocycles. The predicted octanol–water partition coefficient (Wildman–Crippen LogP) is 0.392. The molecule has 0 N–H and O–H groups in total. The SMILES string of the molecule is C=C/C=c1\c(=C/C)ncn1C.CC=O. The Morgan fingerprint density at radius 1 is 1.50 bits per heavy atom. The molecule has 0 fully saturated rings. The van der Waals surface area contributed by atoms with Crippen LogP contribution >= 0.6 is 0 Å². The van der Waals surface area contributed by atoms with Crippen molar-refractivity contribution in [3.05, 3.63) is 29.7 Å². The zero-order valence-electron chi connectivity index (χ0n) is 8.90. The number of carbonyl (C=O) groups is 1. The first-order valence-corrected chi connectivity index (χ1v) is 4.37. The highest BCUT2D eigenvalue weighted by molar-refractivity contribution is 5.44. The van der Waals surface area contributed by atoms with Gasteiger partial charge in [0.1, 0.15) is 6.29 Å². The number of allylic oxidation sites excluding steroid dienone is 1. The van der Waals surface area contributed by atoms with E-state index in [-0.39, 0.29) is 0 Å². The summed E-state index contributed by atoms with van der Waals surface area (Å²) in [7, 11) is 1.97. The number of aromatic nitrogens is 2. The summed E-state index contributed by atoms with van der Waals surface area (Å²) in [6.07, 6.45) is 8.24. The van der Waals surface area contributed by atoms with Gasteiger partial charge in [-0.05, 0) is 19.9 Å². The van der Waals surface area contributed by atoms with E-state index in [2.05, 4.69) is 11.6 Å². The molecule has 0 unspecified atom stereocenters. The van der Waals surface area contributed by atoms with Crippen LogP contribution in [0.3, 0.4) is 0 Å². The van der Waals surface area contributed by atoms with Gasteiger partial charge in [-0.3, -0.25) is 0 Å². The first kappa shape index (κ1) is 12.4. The van der Waals surface area contributed by atoms with E-state index in [1.165, 1.54) is 6.92 Å². The minimum absolute atomic E-state index is 0.750. The molecule has 3 nitrogen and oxygen atoms in total. The lowest BCUT2D eigenvalue weighted by Crippen LogP contribution is -2.27. The lowest BCUT2D eigenvalue weighted by Gasteiger charge is -1.85. The summed E-state index contributed by atoms with van der Waals surface area (Å²) in [4.78, 5) is 13.0. The molecule has 14 heavy (non-hydrogen) atoms. The summed E-state index contributed by atoms with van der Waals surface area (Å²) in [6.45, 7) is 7.06. The fraction of sp³-hybridized carbons (Fsp3) is 0.273. The van der Waals surface area contributed by atoms with Crippen LogP contribution < -0.4 is 10.7 Å². The molecule has 0 amide bonds. The monoisotopic (exact) mass is 192 g/mol. The number of rotatable bonds is 1. The fourth-order valence-electron chi connectivity index (χ4n) is 0.995. The van der Waals surface area contributed by atoms with Crippen molar-refractivity contribution in [1.82, 2.24) is 9.55 Å². The third kappa shape index (κ3) is 3.39. The first-order chi connectivity index (χ1) is 6.71. The zero-order valence-corrected chi connectivity index (χ0v) is 8.90. The Balaban J connectivity index is 0.000000500. The van der Waals surface area contributed by atoms with Gasteiger partial charge >= 0.3 is 0 Å². The number of aldehydes is 1. The molecule has 0 radical (unpaired) electrons. The van der Waals surface area contributed by atoms with Crippen molar-refractivity contribution in [2.24, 2.45) is 7.05 Å². The Morgan fingerprint density at radius 3 is 2.50 bits per heavy atom. The summed E-state index contributed by atoms with van der Waals surface area (Å²) in [5.74, 6) is 0. The van der Waals surface area contributed by atoms with E-state index < -0.39 is 0 Å². The Labute approximate surface area is 84.1 Å². The van der Waals surface area contributed by atoms with Crippen molar-refractivity contribution >= 4 is 18.4 Å². The van der Waals surface area contributed by atoms with E-state index in [1.54, 1.807) is 12.4 Å². The molecule has 0 atom stereocenters. The molecule has 0 spiro atoms. The van der Waals surface area contributed by atoms with Crippen molar-refractivity contribution < 1.29 is 4.79 Å². The van der Waals surface area contributed by atoms with Crippen LogP contribution in [0.25, 0.3) is 12.2 Å². The van der Waals surface area contributed by atoms with Gasteiger partial charge in [0.05, 0.1) is 17.0 Å². The third-order valence-corrected chi connectivity index (χ3v) is 1.56. The Morgan fingerprint density at radius 2 is 2.07 bits per heavy atom. The van der Waals surface area contributed by atoms with Gasteiger partial charge in [0.15, 0.2) is 0 Å². The standard InChI is InChI=1S/C9H12N2.C2H4O/c1-4-6-9-8(5-2)10-7-11(9)3;1-2-3/h4-7H,1H2,2-3H3;2H,1H3/b8-5+,9-6+;. The minimum atomic E-state index is 0.750. The van der Waals surface area contributed by atoms with E-state index in [0.717, 1.165) is 17.0 Å². The molecule has 1 rings (SSSR count). The van der Waals surface area contributed by atoms with Crippen LogP contribution in [0.1, 0.15) is 13.8 Å². The number of imidazole rings is 1. The normalized spacial score (nSPS) is 11.9. The van der Waals surface area contributed by atoms with Gasteiger partial charge in [-0.1, -0.05) is 18.7 Å². The molecule has 0 aliphatic carbocycles. The largest absolute Gasteiger partial charge is 0.334 e. The van der Waals surface area contributed by atoms with Crippen LogP contribution in [0.4, 0.5) is 0 Å². The second kappa shape index (κ2) is 6.83. The number of carbonyl (C=O) groups excluding carboxylic acids is 1. The smallest absolute Gasteiger partial charge is 0.116 e. The second-order valence-corrected chi connectivity index (χ2v) is 2.55. The van der Waals surface area contributed by atoms with Gasteiger partial charge in [-0.25, -0.2) is 4.98 Å². The Bertz CT molecular complexity index is 401. The van der Waals surface area contributed by atoms with Crippen LogP contribution in [0.15, 0.2) is 19.0 Å². The molecular weight excluding hydrogens is 176 g/mol. The quantitative estimate of drug-likeness (QED) is 0.603. The molecule has 0 saturated carbocycles. The topological polar surface area (TPSA) is 34.9 Å². The highest BCUT2D eigenvalue weighted by Crippen LogP contribution is 1.67. The number of nitrogens with zero attached hydrogens (tertiary/aromatic N) is 2. The summed E-state index contributed by atoms with van der Waals surface area (Å²) in [5.41, 5.74) is 0. The van der Waals surface area contributed by atoms with E-state index in [1.807, 2.05) is 30.7 Å². The highest BCUT2D eigenvalue weighted by Gasteiger charge is 1.87.